The predicted octanol–water partition coefficient (Wildman–Crippen LogP) is 9.45. The molecule has 1 aromatic heterocycles. The first-order valence-electron chi connectivity index (χ1n) is 15.7. The molecule has 4 heteroatoms. The molecule has 0 atom stereocenters. The number of para-hydroxylation sites is 1. The highest BCUT2D eigenvalue weighted by molar-refractivity contribution is 5.94. The third kappa shape index (κ3) is 10.5. The number of carbonyl (C=O) groups is 1. The Morgan fingerprint density at radius 1 is 0.744 bits per heavy atom. The summed E-state index contributed by atoms with van der Waals surface area (Å²) < 4.78 is 6.25. The van der Waals surface area contributed by atoms with Crippen molar-refractivity contribution in [1.82, 2.24) is 10.2 Å². The molecule has 0 aliphatic rings. The van der Waals surface area contributed by atoms with Crippen LogP contribution in [0.1, 0.15) is 125 Å². The van der Waals surface area contributed by atoms with E-state index in [4.69, 9.17) is 4.42 Å². The van der Waals surface area contributed by atoms with Crippen molar-refractivity contribution in [3.8, 4) is 0 Å². The summed E-state index contributed by atoms with van der Waals surface area (Å²) in [7, 11) is 0. The number of hydrogen-bond donors (Lipinski definition) is 1. The minimum Gasteiger partial charge on any atom is -0.461 e. The number of benzene rings is 2. The van der Waals surface area contributed by atoms with Gasteiger partial charge >= 0.3 is 0 Å². The summed E-state index contributed by atoms with van der Waals surface area (Å²) in [6.45, 7) is 10.1. The van der Waals surface area contributed by atoms with Crippen LogP contribution in [0, 0.1) is 0 Å². The minimum atomic E-state index is 0.0373. The normalized spacial score (nSPS) is 11.5. The number of carbonyl (C=O) groups excluding carboxylic acids is 1. The largest absolute Gasteiger partial charge is 0.461 e. The van der Waals surface area contributed by atoms with Crippen LogP contribution in [0.4, 0.5) is 0 Å². The molecule has 0 fully saturated rings. The van der Waals surface area contributed by atoms with E-state index in [1.54, 1.807) is 0 Å². The Hall–Kier alpha value is -2.59. The fraction of sp³-hybridized carbons (Fsp3) is 0.571. The molecular formula is C35H52N2O2. The zero-order valence-electron chi connectivity index (χ0n) is 24.9. The smallest absolute Gasteiger partial charge is 0.251 e. The first kappa shape index (κ1) is 30.9. The number of aryl methyl sites for hydroxylation is 1. The van der Waals surface area contributed by atoms with Gasteiger partial charge in [-0.2, -0.15) is 0 Å². The van der Waals surface area contributed by atoms with Gasteiger partial charge in [-0.05, 0) is 43.1 Å². The molecule has 1 amide bonds. The van der Waals surface area contributed by atoms with Gasteiger partial charge in [0.1, 0.15) is 11.3 Å². The van der Waals surface area contributed by atoms with Crippen LogP contribution >= 0.6 is 0 Å². The van der Waals surface area contributed by atoms with Crippen LogP contribution < -0.4 is 5.32 Å². The quantitative estimate of drug-likeness (QED) is 0.147. The second-order valence-electron chi connectivity index (χ2n) is 11.0. The Morgan fingerprint density at radius 2 is 1.38 bits per heavy atom. The first-order chi connectivity index (χ1) is 19.2. The molecule has 2 aromatic carbocycles. The highest BCUT2D eigenvalue weighted by Gasteiger charge is 2.17. The van der Waals surface area contributed by atoms with Crippen LogP contribution in [0.5, 0.6) is 0 Å². The molecule has 0 aliphatic carbocycles. The molecule has 0 unspecified atom stereocenters. The standard InChI is InChI=1S/C35H52N2O2/c1-4-7-9-10-11-12-13-14-15-18-26-36-35(38)30-24-22-29(23-25-30)27-37(6-3)28-32-31-19-16-17-21-33(31)39-34(32)20-8-5-2/h16-17,19,21-25H,4-15,18,20,26-28H2,1-3H3,(H,36,38). The highest BCUT2D eigenvalue weighted by Crippen LogP contribution is 2.29. The van der Waals surface area contributed by atoms with E-state index in [0.29, 0.717) is 0 Å². The number of unbranched alkanes of at least 4 members (excludes halogenated alkanes) is 10. The highest BCUT2D eigenvalue weighted by atomic mass is 16.3. The molecule has 0 spiro atoms. The van der Waals surface area contributed by atoms with Gasteiger partial charge in [-0.15, -0.1) is 0 Å². The Bertz CT molecular complexity index is 1090. The molecular weight excluding hydrogens is 480 g/mol. The summed E-state index contributed by atoms with van der Waals surface area (Å²) in [5, 5.41) is 4.34. The molecule has 0 aliphatic heterocycles. The molecule has 0 saturated heterocycles. The van der Waals surface area contributed by atoms with E-state index in [-0.39, 0.29) is 5.91 Å². The summed E-state index contributed by atoms with van der Waals surface area (Å²) in [5.41, 5.74) is 4.29. The number of hydrogen-bond acceptors (Lipinski definition) is 3. The van der Waals surface area contributed by atoms with Gasteiger partial charge in [0.15, 0.2) is 0 Å². The van der Waals surface area contributed by atoms with Crippen molar-refractivity contribution in [2.24, 2.45) is 0 Å². The lowest BCUT2D eigenvalue weighted by Gasteiger charge is -2.21. The van der Waals surface area contributed by atoms with Gasteiger partial charge < -0.3 is 9.73 Å². The Balaban J connectivity index is 1.42. The van der Waals surface area contributed by atoms with E-state index >= 15 is 0 Å². The maximum absolute atomic E-state index is 12.6. The van der Waals surface area contributed by atoms with Gasteiger partial charge in [0.2, 0.25) is 0 Å². The Labute approximate surface area is 237 Å². The molecule has 0 saturated carbocycles. The van der Waals surface area contributed by atoms with E-state index in [2.05, 4.69) is 61.3 Å². The number of nitrogens with one attached hydrogen (secondary N) is 1. The van der Waals surface area contributed by atoms with Crippen LogP contribution in [-0.4, -0.2) is 23.9 Å². The van der Waals surface area contributed by atoms with Gasteiger partial charge in [-0.3, -0.25) is 9.69 Å². The van der Waals surface area contributed by atoms with Gasteiger partial charge in [0, 0.05) is 42.6 Å². The molecule has 0 radical (unpaired) electrons. The average molecular weight is 533 g/mol. The summed E-state index contributed by atoms with van der Waals surface area (Å²) in [6.07, 6.45) is 16.4. The van der Waals surface area contributed by atoms with Crippen molar-refractivity contribution in [2.45, 2.75) is 117 Å². The van der Waals surface area contributed by atoms with E-state index in [1.165, 1.54) is 74.3 Å². The summed E-state index contributed by atoms with van der Waals surface area (Å²) in [4.78, 5) is 15.1. The summed E-state index contributed by atoms with van der Waals surface area (Å²) >= 11 is 0. The van der Waals surface area contributed by atoms with Crippen molar-refractivity contribution in [2.75, 3.05) is 13.1 Å². The van der Waals surface area contributed by atoms with Crippen LogP contribution in [0.2, 0.25) is 0 Å². The van der Waals surface area contributed by atoms with E-state index in [9.17, 15) is 4.79 Å². The zero-order valence-corrected chi connectivity index (χ0v) is 24.9. The van der Waals surface area contributed by atoms with Gasteiger partial charge in [-0.25, -0.2) is 0 Å². The van der Waals surface area contributed by atoms with Crippen LogP contribution in [-0.2, 0) is 19.5 Å². The molecule has 0 bridgehead atoms. The fourth-order valence-corrected chi connectivity index (χ4v) is 5.30. The molecule has 214 valence electrons. The topological polar surface area (TPSA) is 45.5 Å². The van der Waals surface area contributed by atoms with Crippen molar-refractivity contribution < 1.29 is 9.21 Å². The number of amides is 1. The van der Waals surface area contributed by atoms with Crippen molar-refractivity contribution in [3.05, 3.63) is 71.0 Å². The predicted molar refractivity (Wildman–Crippen MR) is 165 cm³/mol. The second kappa shape index (κ2) is 17.9. The Kier molecular flexibility index (Phi) is 14.2. The fourth-order valence-electron chi connectivity index (χ4n) is 5.30. The zero-order chi connectivity index (χ0) is 27.7. The Morgan fingerprint density at radius 3 is 2.05 bits per heavy atom. The third-order valence-corrected chi connectivity index (χ3v) is 7.81. The molecule has 1 N–H and O–H groups in total. The lowest BCUT2D eigenvalue weighted by atomic mass is 10.1. The monoisotopic (exact) mass is 532 g/mol. The number of nitrogens with zero attached hydrogens (tertiary/aromatic N) is 1. The maximum Gasteiger partial charge on any atom is 0.251 e. The van der Waals surface area contributed by atoms with Gasteiger partial charge in [0.05, 0.1) is 0 Å². The summed E-state index contributed by atoms with van der Waals surface area (Å²) in [5.74, 6) is 1.17. The molecule has 3 rings (SSSR count). The van der Waals surface area contributed by atoms with Gasteiger partial charge in [0.25, 0.3) is 5.91 Å². The van der Waals surface area contributed by atoms with Crippen molar-refractivity contribution in [1.29, 1.82) is 0 Å². The first-order valence-corrected chi connectivity index (χ1v) is 15.7. The lowest BCUT2D eigenvalue weighted by Crippen LogP contribution is -2.25. The van der Waals surface area contributed by atoms with Crippen LogP contribution in [0.25, 0.3) is 11.0 Å². The van der Waals surface area contributed by atoms with Crippen LogP contribution in [0.15, 0.2) is 52.9 Å². The van der Waals surface area contributed by atoms with E-state index in [0.717, 1.165) is 68.8 Å². The number of furan rings is 1. The second-order valence-corrected chi connectivity index (χ2v) is 11.0. The lowest BCUT2D eigenvalue weighted by molar-refractivity contribution is 0.0953. The maximum atomic E-state index is 12.6. The number of rotatable bonds is 20. The summed E-state index contributed by atoms with van der Waals surface area (Å²) in [6, 6.07) is 16.5. The van der Waals surface area contributed by atoms with E-state index in [1.807, 2.05) is 18.2 Å². The van der Waals surface area contributed by atoms with Crippen LogP contribution in [0.3, 0.4) is 0 Å². The molecule has 39 heavy (non-hydrogen) atoms. The third-order valence-electron chi connectivity index (χ3n) is 7.81. The number of fused-ring (bicyclic) bond motifs is 1. The minimum absolute atomic E-state index is 0.0373. The van der Waals surface area contributed by atoms with Gasteiger partial charge in [-0.1, -0.05) is 115 Å². The van der Waals surface area contributed by atoms with Crippen molar-refractivity contribution in [3.63, 3.8) is 0 Å². The average Bonchev–Trinajstić information content (AvgIpc) is 3.31. The van der Waals surface area contributed by atoms with E-state index < -0.39 is 0 Å². The molecule has 1 heterocycles. The van der Waals surface area contributed by atoms with Crippen molar-refractivity contribution >= 4 is 16.9 Å². The SMILES string of the molecule is CCCCCCCCCCCCNC(=O)c1ccc(CN(CC)Cc2c(CCCC)oc3ccccc23)cc1. The molecule has 3 aromatic rings. The molecule has 4 nitrogen and oxygen atoms in total.